The Hall–Kier alpha value is -5.71. The number of hydrogen-bond acceptors (Lipinski definition) is 4. The maximum absolute atomic E-state index is 5.21. The van der Waals surface area contributed by atoms with Crippen LogP contribution in [0.5, 0.6) is 0 Å². The van der Waals surface area contributed by atoms with E-state index in [1.54, 1.807) is 11.8 Å². The lowest BCUT2D eigenvalue weighted by molar-refractivity contribution is 1.16. The predicted molar refractivity (Wildman–Crippen MR) is 192 cm³/mol. The monoisotopic (exact) mass is 605 g/mol. The van der Waals surface area contributed by atoms with Crippen molar-refractivity contribution in [1.29, 1.82) is 0 Å². The van der Waals surface area contributed by atoms with Crippen LogP contribution in [0.2, 0.25) is 0 Å². The van der Waals surface area contributed by atoms with E-state index in [0.29, 0.717) is 0 Å². The number of benzene rings is 7. The van der Waals surface area contributed by atoms with Crippen molar-refractivity contribution >= 4 is 50.5 Å². The number of rotatable bonds is 4. The molecular weight excluding hydrogens is 579 g/mol. The molecule has 8 aromatic rings. The molecule has 46 heavy (non-hydrogen) atoms. The number of nitrogens with zero attached hydrogens (tertiary/aromatic N) is 3. The molecule has 1 aromatic heterocycles. The van der Waals surface area contributed by atoms with Gasteiger partial charge in [-0.2, -0.15) is 0 Å². The summed E-state index contributed by atoms with van der Waals surface area (Å²) < 4.78 is 0. The zero-order valence-corrected chi connectivity index (χ0v) is 25.7. The Bertz CT molecular complexity index is 2400. The fraction of sp³-hybridized carbons (Fsp3) is 0. The molecule has 3 nitrogen and oxygen atoms in total. The van der Waals surface area contributed by atoms with E-state index in [2.05, 4.69) is 157 Å². The molecule has 0 bridgehead atoms. The Morgan fingerprint density at radius 1 is 0.435 bits per heavy atom. The van der Waals surface area contributed by atoms with Gasteiger partial charge in [0.05, 0.1) is 22.6 Å². The fourth-order valence-corrected chi connectivity index (χ4v) is 7.46. The van der Waals surface area contributed by atoms with Gasteiger partial charge in [0.2, 0.25) is 0 Å². The topological polar surface area (TPSA) is 29.0 Å². The van der Waals surface area contributed by atoms with Crippen LogP contribution in [0.15, 0.2) is 174 Å². The summed E-state index contributed by atoms with van der Waals surface area (Å²) in [7, 11) is 0. The number of para-hydroxylation sites is 2. The van der Waals surface area contributed by atoms with Crippen molar-refractivity contribution in [2.75, 3.05) is 4.90 Å². The summed E-state index contributed by atoms with van der Waals surface area (Å²) in [6.45, 7) is 0. The van der Waals surface area contributed by atoms with Gasteiger partial charge < -0.3 is 4.90 Å². The van der Waals surface area contributed by atoms with E-state index in [1.165, 1.54) is 37.4 Å². The van der Waals surface area contributed by atoms with Crippen LogP contribution < -0.4 is 4.90 Å². The Kier molecular flexibility index (Phi) is 6.39. The van der Waals surface area contributed by atoms with Gasteiger partial charge in [-0.1, -0.05) is 127 Å². The van der Waals surface area contributed by atoms with Crippen LogP contribution >= 0.6 is 11.8 Å². The third-order valence-corrected chi connectivity index (χ3v) is 9.76. The van der Waals surface area contributed by atoms with Crippen LogP contribution in [-0.4, -0.2) is 9.97 Å². The Morgan fingerprint density at radius 3 is 2.00 bits per heavy atom. The fourth-order valence-electron chi connectivity index (χ4n) is 6.37. The van der Waals surface area contributed by atoms with Gasteiger partial charge in [-0.25, -0.2) is 9.97 Å². The van der Waals surface area contributed by atoms with E-state index in [4.69, 9.17) is 9.97 Å². The highest BCUT2D eigenvalue weighted by molar-refractivity contribution is 7.99. The smallest absolute Gasteiger partial charge is 0.160 e. The maximum Gasteiger partial charge on any atom is 0.160 e. The normalized spacial score (nSPS) is 12.2. The van der Waals surface area contributed by atoms with Gasteiger partial charge >= 0.3 is 0 Å². The molecular formula is C42H27N3S. The molecule has 1 aliphatic rings. The largest absolute Gasteiger partial charge is 0.308 e. The lowest BCUT2D eigenvalue weighted by atomic mass is 10.0. The molecule has 216 valence electrons. The molecule has 0 saturated carbocycles. The number of fused-ring (bicyclic) bond motifs is 4. The third-order valence-electron chi connectivity index (χ3n) is 8.64. The molecule has 0 amide bonds. The summed E-state index contributed by atoms with van der Waals surface area (Å²) in [4.78, 5) is 15.1. The van der Waals surface area contributed by atoms with Crippen molar-refractivity contribution < 1.29 is 0 Å². The molecule has 0 aliphatic carbocycles. The van der Waals surface area contributed by atoms with E-state index < -0.39 is 0 Å². The lowest BCUT2D eigenvalue weighted by Gasteiger charge is -2.33. The summed E-state index contributed by atoms with van der Waals surface area (Å²) in [5.74, 6) is 0.723. The van der Waals surface area contributed by atoms with Gasteiger partial charge in [0.1, 0.15) is 0 Å². The third kappa shape index (κ3) is 4.63. The second kappa shape index (κ2) is 11.0. The Morgan fingerprint density at radius 2 is 1.11 bits per heavy atom. The number of hydrogen-bond donors (Lipinski definition) is 0. The zero-order chi connectivity index (χ0) is 30.5. The Labute approximate surface area is 271 Å². The van der Waals surface area contributed by atoms with Gasteiger partial charge in [0.15, 0.2) is 5.82 Å². The van der Waals surface area contributed by atoms with Crippen molar-refractivity contribution in [2.24, 2.45) is 0 Å². The molecule has 9 rings (SSSR count). The Balaban J connectivity index is 1.16. The van der Waals surface area contributed by atoms with E-state index in [0.717, 1.165) is 44.9 Å². The van der Waals surface area contributed by atoms with E-state index in [1.807, 2.05) is 12.1 Å². The molecule has 2 heterocycles. The molecule has 1 aliphatic heterocycles. The van der Waals surface area contributed by atoms with Crippen molar-refractivity contribution in [3.8, 4) is 33.8 Å². The van der Waals surface area contributed by atoms with Crippen LogP contribution in [0.1, 0.15) is 0 Å². The number of aromatic nitrogens is 2. The van der Waals surface area contributed by atoms with Crippen LogP contribution in [0.25, 0.3) is 55.4 Å². The first-order valence-corrected chi connectivity index (χ1v) is 16.2. The van der Waals surface area contributed by atoms with Gasteiger partial charge in [-0.3, -0.25) is 0 Å². The average molecular weight is 606 g/mol. The van der Waals surface area contributed by atoms with Crippen molar-refractivity contribution in [1.82, 2.24) is 9.97 Å². The molecule has 4 heteroatoms. The van der Waals surface area contributed by atoms with Crippen LogP contribution in [0, 0.1) is 0 Å². The SMILES string of the molecule is c1ccc(-c2ccc(-c3nc(-c4ccc5c(c4)Sc4ccccc4N5c4ccc5ccccc5c4)nc4ccccc34)cc2)cc1. The molecule has 0 radical (unpaired) electrons. The first-order chi connectivity index (χ1) is 22.8. The minimum Gasteiger partial charge on any atom is -0.308 e. The lowest BCUT2D eigenvalue weighted by Crippen LogP contribution is -2.14. The van der Waals surface area contributed by atoms with Crippen molar-refractivity contribution in [3.63, 3.8) is 0 Å². The maximum atomic E-state index is 5.21. The van der Waals surface area contributed by atoms with Gasteiger partial charge in [0.25, 0.3) is 0 Å². The van der Waals surface area contributed by atoms with E-state index >= 15 is 0 Å². The number of anilines is 3. The summed E-state index contributed by atoms with van der Waals surface area (Å²) in [5, 5.41) is 3.51. The summed E-state index contributed by atoms with van der Waals surface area (Å²) in [6.07, 6.45) is 0. The molecule has 0 unspecified atom stereocenters. The highest BCUT2D eigenvalue weighted by atomic mass is 32.2. The highest BCUT2D eigenvalue weighted by Gasteiger charge is 2.26. The molecule has 7 aromatic carbocycles. The molecule has 0 spiro atoms. The van der Waals surface area contributed by atoms with Crippen molar-refractivity contribution in [2.45, 2.75) is 9.79 Å². The zero-order valence-electron chi connectivity index (χ0n) is 24.8. The van der Waals surface area contributed by atoms with Gasteiger partial charge in [-0.05, 0) is 70.4 Å². The van der Waals surface area contributed by atoms with Gasteiger partial charge in [0, 0.05) is 32.0 Å². The summed E-state index contributed by atoms with van der Waals surface area (Å²) >= 11 is 1.80. The summed E-state index contributed by atoms with van der Waals surface area (Å²) in [5.41, 5.74) is 9.81. The van der Waals surface area contributed by atoms with E-state index in [9.17, 15) is 0 Å². The summed E-state index contributed by atoms with van der Waals surface area (Å²) in [6, 6.07) is 57.9. The molecule has 0 saturated heterocycles. The quantitative estimate of drug-likeness (QED) is 0.200. The molecule has 0 fully saturated rings. The van der Waals surface area contributed by atoms with Crippen LogP contribution in [0.3, 0.4) is 0 Å². The second-order valence-corrected chi connectivity index (χ2v) is 12.6. The minimum atomic E-state index is 0.723. The first-order valence-electron chi connectivity index (χ1n) is 15.4. The minimum absolute atomic E-state index is 0.723. The molecule has 0 atom stereocenters. The predicted octanol–water partition coefficient (Wildman–Crippen LogP) is 11.7. The molecule has 0 N–H and O–H groups in total. The highest BCUT2D eigenvalue weighted by Crippen LogP contribution is 2.52. The second-order valence-electron chi connectivity index (χ2n) is 11.5. The van der Waals surface area contributed by atoms with Gasteiger partial charge in [-0.15, -0.1) is 0 Å². The van der Waals surface area contributed by atoms with Crippen LogP contribution in [-0.2, 0) is 0 Å². The average Bonchev–Trinajstić information content (AvgIpc) is 3.13. The van der Waals surface area contributed by atoms with Crippen molar-refractivity contribution in [3.05, 3.63) is 164 Å². The van der Waals surface area contributed by atoms with Crippen LogP contribution in [0.4, 0.5) is 17.1 Å². The first kappa shape index (κ1) is 26.7. The standard InChI is InChI=1S/C42H27N3S/c1-2-10-28(11-3-1)30-18-20-31(21-19-30)41-35-14-6-7-15-36(35)43-42(44-41)33-23-25-38-40(27-33)46-39-17-9-8-16-37(39)45(38)34-24-22-29-12-4-5-13-32(29)26-34/h1-27H. The van der Waals surface area contributed by atoms with E-state index in [-0.39, 0.29) is 0 Å².